The van der Waals surface area contributed by atoms with Gasteiger partial charge in [-0.15, -0.1) is 11.6 Å². The number of halogens is 2. The second kappa shape index (κ2) is 5.46. The molecule has 70 valence electrons. The van der Waals surface area contributed by atoms with Gasteiger partial charge in [0.15, 0.2) is 0 Å². The third-order valence-corrected chi connectivity index (χ3v) is 3.11. The van der Waals surface area contributed by atoms with Crippen LogP contribution in [0.1, 0.15) is 12.5 Å². The Balaban J connectivity index is 2.59. The summed E-state index contributed by atoms with van der Waals surface area (Å²) in [7, 11) is 0. The molecule has 0 aliphatic carbocycles. The highest BCUT2D eigenvalue weighted by molar-refractivity contribution is 9.09. The van der Waals surface area contributed by atoms with Crippen molar-refractivity contribution in [3.8, 4) is 0 Å². The average molecular weight is 260 g/mol. The van der Waals surface area contributed by atoms with Crippen LogP contribution < -0.4 is 0 Å². The fourth-order valence-corrected chi connectivity index (χ4v) is 1.17. The highest BCUT2D eigenvalue weighted by Gasteiger charge is 2.05. The van der Waals surface area contributed by atoms with Crippen molar-refractivity contribution in [2.75, 3.05) is 0 Å². The maximum absolute atomic E-state index is 6.03. The molecule has 0 spiro atoms. The van der Waals surface area contributed by atoms with Crippen LogP contribution in [0.3, 0.4) is 0 Å². The zero-order valence-electron chi connectivity index (χ0n) is 7.45. The van der Waals surface area contributed by atoms with Gasteiger partial charge in [-0.2, -0.15) is 0 Å². The minimum atomic E-state index is 0.0419. The number of benzene rings is 1. The Morgan fingerprint density at radius 1 is 1.31 bits per heavy atom. The summed E-state index contributed by atoms with van der Waals surface area (Å²) < 4.78 is 0. The normalized spacial score (nSPS) is 15.9. The van der Waals surface area contributed by atoms with Crippen LogP contribution in [0.25, 0.3) is 6.08 Å². The molecular formula is C11H12BrCl. The first-order chi connectivity index (χ1) is 6.20. The minimum Gasteiger partial charge on any atom is -0.117 e. The van der Waals surface area contributed by atoms with Crippen molar-refractivity contribution in [3.05, 3.63) is 42.0 Å². The summed E-state index contributed by atoms with van der Waals surface area (Å²) in [5, 5.41) is 0.0419. The second-order valence-corrected chi connectivity index (χ2v) is 4.84. The van der Waals surface area contributed by atoms with Gasteiger partial charge in [-0.05, 0) is 5.56 Å². The van der Waals surface area contributed by atoms with Crippen LogP contribution in [0, 0.1) is 0 Å². The molecule has 1 aromatic rings. The highest BCUT2D eigenvalue weighted by Crippen LogP contribution is 2.14. The molecule has 0 amide bonds. The molecule has 2 atom stereocenters. The molecule has 0 N–H and O–H groups in total. The lowest BCUT2D eigenvalue weighted by Crippen LogP contribution is -2.05. The molecule has 0 fully saturated rings. The molecule has 0 bridgehead atoms. The predicted molar refractivity (Wildman–Crippen MR) is 63.5 cm³/mol. The topological polar surface area (TPSA) is 0 Å². The van der Waals surface area contributed by atoms with Gasteiger partial charge in [0, 0.05) is 4.83 Å². The van der Waals surface area contributed by atoms with Crippen molar-refractivity contribution in [1.29, 1.82) is 0 Å². The Hall–Kier alpha value is -0.270. The first kappa shape index (κ1) is 10.8. The maximum atomic E-state index is 6.03. The quantitative estimate of drug-likeness (QED) is 0.717. The summed E-state index contributed by atoms with van der Waals surface area (Å²) in [5.41, 5.74) is 1.18. The van der Waals surface area contributed by atoms with E-state index in [1.54, 1.807) is 0 Å². The van der Waals surface area contributed by atoms with Crippen LogP contribution in [-0.2, 0) is 0 Å². The third-order valence-electron chi connectivity index (χ3n) is 1.71. The molecule has 0 saturated heterocycles. The molecule has 0 radical (unpaired) electrons. The van der Waals surface area contributed by atoms with Gasteiger partial charge >= 0.3 is 0 Å². The monoisotopic (exact) mass is 258 g/mol. The van der Waals surface area contributed by atoms with Gasteiger partial charge in [-0.1, -0.05) is 65.3 Å². The molecule has 0 nitrogen and oxygen atoms in total. The van der Waals surface area contributed by atoms with E-state index in [1.165, 1.54) is 5.56 Å². The fraction of sp³-hybridized carbons (Fsp3) is 0.273. The predicted octanol–water partition coefficient (Wildman–Crippen LogP) is 4.09. The third kappa shape index (κ3) is 3.97. The largest absolute Gasteiger partial charge is 0.117 e. The smallest absolute Gasteiger partial charge is 0.0641 e. The molecular weight excluding hydrogens is 247 g/mol. The Morgan fingerprint density at radius 2 is 1.92 bits per heavy atom. The zero-order valence-corrected chi connectivity index (χ0v) is 9.79. The fourth-order valence-electron chi connectivity index (χ4n) is 0.920. The van der Waals surface area contributed by atoms with Crippen molar-refractivity contribution in [2.24, 2.45) is 0 Å². The van der Waals surface area contributed by atoms with Crippen LogP contribution >= 0.6 is 27.5 Å². The van der Waals surface area contributed by atoms with Gasteiger partial charge < -0.3 is 0 Å². The van der Waals surface area contributed by atoms with E-state index in [1.807, 2.05) is 37.3 Å². The number of hydrogen-bond donors (Lipinski definition) is 0. The SMILES string of the molecule is CC(Br)C(Cl)/C=C/c1ccccc1. The minimum absolute atomic E-state index is 0.0419. The van der Waals surface area contributed by atoms with E-state index < -0.39 is 0 Å². The molecule has 0 aliphatic heterocycles. The van der Waals surface area contributed by atoms with Crippen LogP contribution in [0.15, 0.2) is 36.4 Å². The zero-order chi connectivity index (χ0) is 9.68. The number of hydrogen-bond acceptors (Lipinski definition) is 0. The summed E-state index contributed by atoms with van der Waals surface area (Å²) in [6.07, 6.45) is 4.03. The number of alkyl halides is 2. The lowest BCUT2D eigenvalue weighted by molar-refractivity contribution is 1.01. The highest BCUT2D eigenvalue weighted by atomic mass is 79.9. The van der Waals surface area contributed by atoms with E-state index in [0.29, 0.717) is 4.83 Å². The lowest BCUT2D eigenvalue weighted by Gasteiger charge is -2.05. The molecule has 0 aliphatic rings. The van der Waals surface area contributed by atoms with Gasteiger partial charge in [0.05, 0.1) is 5.38 Å². The van der Waals surface area contributed by atoms with E-state index in [4.69, 9.17) is 11.6 Å². The molecule has 13 heavy (non-hydrogen) atoms. The summed E-state index contributed by atoms with van der Waals surface area (Å²) in [4.78, 5) is 0.300. The Bertz CT molecular complexity index is 267. The molecule has 2 unspecified atom stereocenters. The van der Waals surface area contributed by atoms with E-state index in [9.17, 15) is 0 Å². The first-order valence-corrected chi connectivity index (χ1v) is 5.57. The Morgan fingerprint density at radius 3 is 2.46 bits per heavy atom. The Labute approximate surface area is 92.7 Å². The molecule has 1 aromatic carbocycles. The van der Waals surface area contributed by atoms with E-state index in [0.717, 1.165) is 0 Å². The van der Waals surface area contributed by atoms with E-state index in [2.05, 4.69) is 28.1 Å². The average Bonchev–Trinajstić information content (AvgIpc) is 2.15. The van der Waals surface area contributed by atoms with Crippen molar-refractivity contribution in [3.63, 3.8) is 0 Å². The summed E-state index contributed by atoms with van der Waals surface area (Å²) in [6, 6.07) is 10.1. The van der Waals surface area contributed by atoms with Gasteiger partial charge in [0.1, 0.15) is 0 Å². The van der Waals surface area contributed by atoms with Crippen LogP contribution in [0.2, 0.25) is 0 Å². The maximum Gasteiger partial charge on any atom is 0.0641 e. The van der Waals surface area contributed by atoms with Gasteiger partial charge in [0.25, 0.3) is 0 Å². The second-order valence-electron chi connectivity index (χ2n) is 2.89. The van der Waals surface area contributed by atoms with Gasteiger partial charge in [-0.3, -0.25) is 0 Å². The van der Waals surface area contributed by atoms with Crippen molar-refractivity contribution >= 4 is 33.6 Å². The Kier molecular flexibility index (Phi) is 4.54. The van der Waals surface area contributed by atoms with Crippen LogP contribution in [-0.4, -0.2) is 10.2 Å². The molecule has 0 saturated carbocycles. The molecule has 0 aromatic heterocycles. The number of allylic oxidation sites excluding steroid dienone is 1. The van der Waals surface area contributed by atoms with Crippen molar-refractivity contribution < 1.29 is 0 Å². The van der Waals surface area contributed by atoms with Crippen LogP contribution in [0.5, 0.6) is 0 Å². The van der Waals surface area contributed by atoms with Crippen LogP contribution in [0.4, 0.5) is 0 Å². The van der Waals surface area contributed by atoms with Crippen molar-refractivity contribution in [1.82, 2.24) is 0 Å². The molecule has 0 heterocycles. The molecule has 2 heteroatoms. The number of rotatable bonds is 3. The lowest BCUT2D eigenvalue weighted by atomic mass is 10.2. The summed E-state index contributed by atoms with van der Waals surface area (Å²) >= 11 is 9.46. The standard InChI is InChI=1S/C11H12BrCl/c1-9(12)11(13)8-7-10-5-3-2-4-6-10/h2-9,11H,1H3/b8-7+. The molecule has 1 rings (SSSR count). The first-order valence-electron chi connectivity index (χ1n) is 4.21. The summed E-state index contributed by atoms with van der Waals surface area (Å²) in [6.45, 7) is 2.03. The van der Waals surface area contributed by atoms with E-state index in [-0.39, 0.29) is 5.38 Å². The van der Waals surface area contributed by atoms with Gasteiger partial charge in [-0.25, -0.2) is 0 Å². The van der Waals surface area contributed by atoms with Gasteiger partial charge in [0.2, 0.25) is 0 Å². The summed E-state index contributed by atoms with van der Waals surface area (Å²) in [5.74, 6) is 0. The van der Waals surface area contributed by atoms with E-state index >= 15 is 0 Å². The van der Waals surface area contributed by atoms with Crippen molar-refractivity contribution in [2.45, 2.75) is 17.1 Å².